The Morgan fingerprint density at radius 3 is 2.67 bits per heavy atom. The largest absolute Gasteiger partial charge is 0.394 e. The van der Waals surface area contributed by atoms with Gasteiger partial charge in [0, 0.05) is 24.2 Å². The molecule has 3 unspecified atom stereocenters. The van der Waals surface area contributed by atoms with Gasteiger partial charge in [-0.1, -0.05) is 0 Å². The summed E-state index contributed by atoms with van der Waals surface area (Å²) in [6.07, 6.45) is 3.61. The van der Waals surface area contributed by atoms with Gasteiger partial charge in [0.25, 0.3) is 0 Å². The average Bonchev–Trinajstić information content (AvgIpc) is 2.74. The van der Waals surface area contributed by atoms with E-state index in [0.29, 0.717) is 12.1 Å². The Hall–Kier alpha value is -0.160. The summed E-state index contributed by atoms with van der Waals surface area (Å²) in [5.74, 6) is 0. The predicted octanol–water partition coefficient (Wildman–Crippen LogP) is 0.761. The van der Waals surface area contributed by atoms with Gasteiger partial charge >= 0.3 is 0 Å². The average molecular weight is 257 g/mol. The van der Waals surface area contributed by atoms with Crippen molar-refractivity contribution in [3.63, 3.8) is 0 Å². The minimum atomic E-state index is -0.171. The summed E-state index contributed by atoms with van der Waals surface area (Å²) >= 11 is 0. The molecule has 0 aromatic rings. The first-order valence-corrected chi connectivity index (χ1v) is 7.12. The lowest BCUT2D eigenvalue weighted by Gasteiger charge is -2.36. The van der Waals surface area contributed by atoms with Gasteiger partial charge in [-0.15, -0.1) is 0 Å². The van der Waals surface area contributed by atoms with Crippen LogP contribution in [-0.4, -0.2) is 73.4 Å². The lowest BCUT2D eigenvalue weighted by atomic mass is 9.94. The Bertz CT molecular complexity index is 243. The van der Waals surface area contributed by atoms with Crippen LogP contribution in [0.2, 0.25) is 0 Å². The number of rotatable bonds is 7. The Kier molecular flexibility index (Phi) is 6.05. The number of hydrogen-bond acceptors (Lipinski definition) is 4. The highest BCUT2D eigenvalue weighted by Gasteiger charge is 2.28. The molecule has 4 nitrogen and oxygen atoms in total. The fraction of sp³-hybridized carbons (Fsp3) is 1.00. The maximum Gasteiger partial charge on any atom is 0.0611 e. The Labute approximate surface area is 112 Å². The molecular formula is C14H31N3O. The molecule has 0 aromatic heterocycles. The van der Waals surface area contributed by atoms with E-state index in [1.807, 2.05) is 7.05 Å². The van der Waals surface area contributed by atoms with Gasteiger partial charge in [-0.05, 0) is 60.8 Å². The summed E-state index contributed by atoms with van der Waals surface area (Å²) in [4.78, 5) is 4.89. The molecule has 1 heterocycles. The van der Waals surface area contributed by atoms with E-state index in [4.69, 9.17) is 0 Å². The van der Waals surface area contributed by atoms with Gasteiger partial charge in [0.2, 0.25) is 0 Å². The SMILES string of the molecule is CNC(C)(CO)CC(C)N(C)CC1CCCN1C. The van der Waals surface area contributed by atoms with E-state index in [1.54, 1.807) is 0 Å². The number of likely N-dealkylation sites (tertiary alicyclic amines) is 1. The van der Waals surface area contributed by atoms with Crippen LogP contribution in [0.5, 0.6) is 0 Å². The summed E-state index contributed by atoms with van der Waals surface area (Å²) in [6, 6.07) is 1.18. The molecule has 0 aromatic carbocycles. The first-order chi connectivity index (χ1) is 8.41. The van der Waals surface area contributed by atoms with Crippen molar-refractivity contribution in [1.82, 2.24) is 15.1 Å². The van der Waals surface area contributed by atoms with Crippen LogP contribution in [0, 0.1) is 0 Å². The zero-order valence-electron chi connectivity index (χ0n) is 12.7. The number of hydrogen-bond donors (Lipinski definition) is 2. The van der Waals surface area contributed by atoms with Crippen LogP contribution in [0.1, 0.15) is 33.1 Å². The van der Waals surface area contributed by atoms with Crippen LogP contribution in [0.3, 0.4) is 0 Å². The van der Waals surface area contributed by atoms with Crippen LogP contribution in [0.15, 0.2) is 0 Å². The summed E-state index contributed by atoms with van der Waals surface area (Å²) in [5, 5.41) is 12.7. The smallest absolute Gasteiger partial charge is 0.0611 e. The zero-order valence-corrected chi connectivity index (χ0v) is 12.7. The highest BCUT2D eigenvalue weighted by atomic mass is 16.3. The summed E-state index contributed by atoms with van der Waals surface area (Å²) in [6.45, 7) is 6.88. The highest BCUT2D eigenvalue weighted by molar-refractivity contribution is 4.87. The van der Waals surface area contributed by atoms with Gasteiger partial charge in [-0.25, -0.2) is 0 Å². The van der Waals surface area contributed by atoms with E-state index >= 15 is 0 Å². The summed E-state index contributed by atoms with van der Waals surface area (Å²) < 4.78 is 0. The molecule has 0 amide bonds. The van der Waals surface area contributed by atoms with E-state index in [-0.39, 0.29) is 12.1 Å². The molecule has 1 rings (SSSR count). The quantitative estimate of drug-likeness (QED) is 0.706. The van der Waals surface area contributed by atoms with E-state index in [0.717, 1.165) is 13.0 Å². The predicted molar refractivity (Wildman–Crippen MR) is 76.9 cm³/mol. The van der Waals surface area contributed by atoms with E-state index in [9.17, 15) is 5.11 Å². The van der Waals surface area contributed by atoms with Gasteiger partial charge < -0.3 is 20.2 Å². The molecule has 0 saturated carbocycles. The molecule has 108 valence electrons. The standard InChI is InChI=1S/C14H31N3O/c1-12(9-14(2,11-18)15-3)17(5)10-13-7-6-8-16(13)4/h12-13,15,18H,6-11H2,1-5H3. The minimum absolute atomic E-state index is 0.171. The fourth-order valence-corrected chi connectivity index (χ4v) is 2.78. The first-order valence-electron chi connectivity index (χ1n) is 7.12. The molecule has 0 radical (unpaired) electrons. The minimum Gasteiger partial charge on any atom is -0.394 e. The van der Waals surface area contributed by atoms with E-state index in [2.05, 4.69) is 43.1 Å². The molecule has 1 fully saturated rings. The van der Waals surface area contributed by atoms with E-state index < -0.39 is 0 Å². The summed E-state index contributed by atoms with van der Waals surface area (Å²) in [5.41, 5.74) is -0.171. The zero-order chi connectivity index (χ0) is 13.8. The second kappa shape index (κ2) is 6.85. The van der Waals surface area contributed by atoms with Crippen molar-refractivity contribution in [1.29, 1.82) is 0 Å². The Balaban J connectivity index is 2.43. The molecular weight excluding hydrogens is 226 g/mol. The lowest BCUT2D eigenvalue weighted by Crippen LogP contribution is -2.50. The second-order valence-electron chi connectivity index (χ2n) is 6.24. The molecule has 0 aliphatic carbocycles. The lowest BCUT2D eigenvalue weighted by molar-refractivity contribution is 0.118. The summed E-state index contributed by atoms with van der Waals surface area (Å²) in [7, 11) is 6.35. The molecule has 2 N–H and O–H groups in total. The highest BCUT2D eigenvalue weighted by Crippen LogP contribution is 2.19. The molecule has 1 aliphatic rings. The normalized spacial score (nSPS) is 26.5. The van der Waals surface area contributed by atoms with Gasteiger partial charge in [0.1, 0.15) is 0 Å². The third-order valence-corrected chi connectivity index (χ3v) is 4.62. The molecule has 1 saturated heterocycles. The maximum atomic E-state index is 9.45. The number of nitrogens with zero attached hydrogens (tertiary/aromatic N) is 2. The van der Waals surface area contributed by atoms with Crippen molar-refractivity contribution in [3.8, 4) is 0 Å². The first kappa shape index (κ1) is 15.9. The molecule has 1 aliphatic heterocycles. The van der Waals surface area contributed by atoms with E-state index in [1.165, 1.54) is 19.4 Å². The van der Waals surface area contributed by atoms with Crippen molar-refractivity contribution in [2.24, 2.45) is 0 Å². The Morgan fingerprint density at radius 1 is 1.56 bits per heavy atom. The van der Waals surface area contributed by atoms with Crippen molar-refractivity contribution in [2.75, 3.05) is 40.8 Å². The van der Waals surface area contributed by atoms with Crippen LogP contribution in [-0.2, 0) is 0 Å². The third kappa shape index (κ3) is 4.19. The third-order valence-electron chi connectivity index (χ3n) is 4.62. The van der Waals surface area contributed by atoms with Crippen molar-refractivity contribution >= 4 is 0 Å². The van der Waals surface area contributed by atoms with Crippen molar-refractivity contribution in [3.05, 3.63) is 0 Å². The molecule has 3 atom stereocenters. The van der Waals surface area contributed by atoms with Gasteiger partial charge in [0.05, 0.1) is 6.61 Å². The fourth-order valence-electron chi connectivity index (χ4n) is 2.78. The number of nitrogens with one attached hydrogen (secondary N) is 1. The van der Waals surface area contributed by atoms with Gasteiger partial charge in [-0.2, -0.15) is 0 Å². The van der Waals surface area contributed by atoms with Crippen LogP contribution >= 0.6 is 0 Å². The van der Waals surface area contributed by atoms with Gasteiger partial charge in [-0.3, -0.25) is 0 Å². The topological polar surface area (TPSA) is 38.7 Å². The molecule has 4 heteroatoms. The molecule has 0 spiro atoms. The van der Waals surface area contributed by atoms with Crippen LogP contribution in [0.25, 0.3) is 0 Å². The van der Waals surface area contributed by atoms with Crippen molar-refractivity contribution < 1.29 is 5.11 Å². The monoisotopic (exact) mass is 257 g/mol. The number of aliphatic hydroxyl groups is 1. The molecule has 18 heavy (non-hydrogen) atoms. The number of likely N-dealkylation sites (N-methyl/N-ethyl adjacent to an activating group) is 3. The second-order valence-corrected chi connectivity index (χ2v) is 6.24. The Morgan fingerprint density at radius 2 is 2.22 bits per heavy atom. The van der Waals surface area contributed by atoms with Crippen LogP contribution in [0.4, 0.5) is 0 Å². The maximum absolute atomic E-state index is 9.45. The van der Waals surface area contributed by atoms with Crippen LogP contribution < -0.4 is 5.32 Å². The number of aliphatic hydroxyl groups excluding tert-OH is 1. The van der Waals surface area contributed by atoms with Gasteiger partial charge in [0.15, 0.2) is 0 Å². The van der Waals surface area contributed by atoms with Crippen molar-refractivity contribution in [2.45, 2.75) is 50.7 Å². The molecule has 0 bridgehead atoms.